The van der Waals surface area contributed by atoms with E-state index in [0.29, 0.717) is 0 Å². The smallest absolute Gasteiger partial charge is 0.0937 e. The fraction of sp³-hybridized carbons (Fsp3) is 0.429. The summed E-state index contributed by atoms with van der Waals surface area (Å²) < 4.78 is 0. The van der Waals surface area contributed by atoms with Gasteiger partial charge in [-0.05, 0) is 25.5 Å². The van der Waals surface area contributed by atoms with Gasteiger partial charge in [0.05, 0.1) is 6.10 Å². The van der Waals surface area contributed by atoms with E-state index < -0.39 is 0 Å². The van der Waals surface area contributed by atoms with Crippen LogP contribution < -0.4 is 0 Å². The van der Waals surface area contributed by atoms with E-state index in [9.17, 15) is 0 Å². The number of allylic oxidation sites excluding steroid dienone is 2. The standard InChI is InChI=1S/C7H10O/c1-5-3-6(2)7(8)4-5/h3-4,7-8H,1-2H3. The molecule has 0 aromatic heterocycles. The van der Waals surface area contributed by atoms with Crippen LogP contribution >= 0.6 is 0 Å². The predicted molar refractivity (Wildman–Crippen MR) is 33.5 cm³/mol. The maximum atomic E-state index is 9.02. The van der Waals surface area contributed by atoms with Crippen molar-refractivity contribution in [3.63, 3.8) is 0 Å². The van der Waals surface area contributed by atoms with Gasteiger partial charge in [0.1, 0.15) is 0 Å². The van der Waals surface area contributed by atoms with E-state index in [1.165, 1.54) is 0 Å². The molecule has 44 valence electrons. The lowest BCUT2D eigenvalue weighted by molar-refractivity contribution is 0.262. The summed E-state index contributed by atoms with van der Waals surface area (Å²) >= 11 is 0. The van der Waals surface area contributed by atoms with Crippen molar-refractivity contribution < 1.29 is 5.11 Å². The molecule has 1 heteroatoms. The molecule has 1 N–H and O–H groups in total. The molecule has 1 atom stereocenters. The van der Waals surface area contributed by atoms with Crippen LogP contribution in [0.5, 0.6) is 0 Å². The molecule has 1 aliphatic rings. The number of rotatable bonds is 0. The summed E-state index contributed by atoms with van der Waals surface area (Å²) in [6.07, 6.45) is 3.52. The summed E-state index contributed by atoms with van der Waals surface area (Å²) in [4.78, 5) is 0. The molecular formula is C7H10O. The zero-order valence-electron chi connectivity index (χ0n) is 5.18. The average Bonchev–Trinajstić information content (AvgIpc) is 1.85. The largest absolute Gasteiger partial charge is 0.385 e. The Kier molecular flexibility index (Phi) is 1.22. The van der Waals surface area contributed by atoms with Crippen molar-refractivity contribution in [2.75, 3.05) is 0 Å². The Morgan fingerprint density at radius 1 is 1.50 bits per heavy atom. The van der Waals surface area contributed by atoms with E-state index in [2.05, 4.69) is 0 Å². The Morgan fingerprint density at radius 3 is 2.25 bits per heavy atom. The fourth-order valence-corrected chi connectivity index (χ4v) is 0.873. The van der Waals surface area contributed by atoms with Gasteiger partial charge in [-0.2, -0.15) is 0 Å². The molecule has 0 saturated heterocycles. The number of hydrogen-bond acceptors (Lipinski definition) is 1. The van der Waals surface area contributed by atoms with Crippen LogP contribution in [0.3, 0.4) is 0 Å². The number of aliphatic hydroxyl groups excluding tert-OH is 1. The molecule has 0 heterocycles. The van der Waals surface area contributed by atoms with E-state index >= 15 is 0 Å². The van der Waals surface area contributed by atoms with Crippen molar-refractivity contribution in [1.82, 2.24) is 0 Å². The van der Waals surface area contributed by atoms with Gasteiger partial charge in [-0.3, -0.25) is 0 Å². The first-order valence-corrected chi connectivity index (χ1v) is 2.75. The van der Waals surface area contributed by atoms with Gasteiger partial charge in [0, 0.05) is 0 Å². The molecule has 1 unspecified atom stereocenters. The van der Waals surface area contributed by atoms with Crippen LogP contribution in [-0.4, -0.2) is 11.2 Å². The van der Waals surface area contributed by atoms with Gasteiger partial charge in [-0.15, -0.1) is 0 Å². The first kappa shape index (κ1) is 5.57. The zero-order chi connectivity index (χ0) is 6.15. The van der Waals surface area contributed by atoms with Crippen LogP contribution in [0.1, 0.15) is 13.8 Å². The summed E-state index contributed by atoms with van der Waals surface area (Å²) in [5, 5.41) is 9.02. The monoisotopic (exact) mass is 110 g/mol. The maximum Gasteiger partial charge on any atom is 0.0937 e. The molecule has 1 rings (SSSR count). The minimum absolute atomic E-state index is 0.310. The van der Waals surface area contributed by atoms with Crippen LogP contribution in [0.2, 0.25) is 0 Å². The molecule has 0 saturated carbocycles. The molecule has 0 aliphatic heterocycles. The lowest BCUT2D eigenvalue weighted by Crippen LogP contribution is -1.98. The maximum absolute atomic E-state index is 9.02. The Morgan fingerprint density at radius 2 is 2.12 bits per heavy atom. The topological polar surface area (TPSA) is 20.2 Å². The van der Waals surface area contributed by atoms with Gasteiger partial charge >= 0.3 is 0 Å². The third-order valence-electron chi connectivity index (χ3n) is 1.34. The van der Waals surface area contributed by atoms with Gasteiger partial charge < -0.3 is 5.11 Å². The summed E-state index contributed by atoms with van der Waals surface area (Å²) in [5.74, 6) is 0. The van der Waals surface area contributed by atoms with E-state index in [1.807, 2.05) is 26.0 Å². The van der Waals surface area contributed by atoms with Crippen molar-refractivity contribution >= 4 is 0 Å². The van der Waals surface area contributed by atoms with Crippen LogP contribution in [0.15, 0.2) is 23.3 Å². The molecule has 0 amide bonds. The van der Waals surface area contributed by atoms with Crippen molar-refractivity contribution in [3.05, 3.63) is 23.3 Å². The highest BCUT2D eigenvalue weighted by molar-refractivity contribution is 5.34. The second-order valence-electron chi connectivity index (χ2n) is 2.24. The van der Waals surface area contributed by atoms with Gasteiger partial charge in [0.15, 0.2) is 0 Å². The summed E-state index contributed by atoms with van der Waals surface area (Å²) in [7, 11) is 0. The molecule has 0 fully saturated rings. The van der Waals surface area contributed by atoms with Crippen molar-refractivity contribution in [2.24, 2.45) is 0 Å². The van der Waals surface area contributed by atoms with Crippen molar-refractivity contribution in [2.45, 2.75) is 20.0 Å². The summed E-state index contributed by atoms with van der Waals surface area (Å²) in [6.45, 7) is 3.91. The van der Waals surface area contributed by atoms with Gasteiger partial charge in [-0.1, -0.05) is 11.6 Å². The molecule has 1 nitrogen and oxygen atoms in total. The zero-order valence-corrected chi connectivity index (χ0v) is 5.18. The first-order chi connectivity index (χ1) is 3.70. The normalized spacial score (nSPS) is 27.6. The second kappa shape index (κ2) is 1.75. The minimum atomic E-state index is -0.310. The average molecular weight is 110 g/mol. The fourth-order valence-electron chi connectivity index (χ4n) is 0.873. The van der Waals surface area contributed by atoms with Crippen LogP contribution in [-0.2, 0) is 0 Å². The van der Waals surface area contributed by atoms with Crippen LogP contribution in [0, 0.1) is 0 Å². The quantitative estimate of drug-likeness (QED) is 0.497. The summed E-state index contributed by atoms with van der Waals surface area (Å²) in [6, 6.07) is 0. The Balaban J connectivity index is 2.78. The third kappa shape index (κ3) is 0.819. The van der Waals surface area contributed by atoms with Gasteiger partial charge in [0.25, 0.3) is 0 Å². The molecular weight excluding hydrogens is 100 g/mol. The first-order valence-electron chi connectivity index (χ1n) is 2.75. The molecule has 0 aromatic rings. The Labute approximate surface area is 49.3 Å². The highest BCUT2D eigenvalue weighted by Gasteiger charge is 2.07. The van der Waals surface area contributed by atoms with E-state index in [-0.39, 0.29) is 6.10 Å². The second-order valence-corrected chi connectivity index (χ2v) is 2.24. The van der Waals surface area contributed by atoms with Gasteiger partial charge in [0.2, 0.25) is 0 Å². The SMILES string of the molecule is CC1=CC(O)C(C)=C1. The highest BCUT2D eigenvalue weighted by atomic mass is 16.3. The lowest BCUT2D eigenvalue weighted by atomic mass is 10.2. The van der Waals surface area contributed by atoms with Crippen LogP contribution in [0.25, 0.3) is 0 Å². The molecule has 1 aliphatic carbocycles. The molecule has 0 aromatic carbocycles. The number of aliphatic hydroxyl groups is 1. The van der Waals surface area contributed by atoms with E-state index in [4.69, 9.17) is 5.11 Å². The van der Waals surface area contributed by atoms with Crippen molar-refractivity contribution in [1.29, 1.82) is 0 Å². The van der Waals surface area contributed by atoms with E-state index in [0.717, 1.165) is 11.1 Å². The Bertz CT molecular complexity index is 154. The number of hydrogen-bond donors (Lipinski definition) is 1. The van der Waals surface area contributed by atoms with Crippen LogP contribution in [0.4, 0.5) is 0 Å². The minimum Gasteiger partial charge on any atom is -0.385 e. The van der Waals surface area contributed by atoms with Gasteiger partial charge in [-0.25, -0.2) is 0 Å². The van der Waals surface area contributed by atoms with Crippen molar-refractivity contribution in [3.8, 4) is 0 Å². The molecule has 0 bridgehead atoms. The predicted octanol–water partition coefficient (Wildman–Crippen LogP) is 1.25. The third-order valence-corrected chi connectivity index (χ3v) is 1.34. The highest BCUT2D eigenvalue weighted by Crippen LogP contribution is 2.15. The molecule has 0 spiro atoms. The Hall–Kier alpha value is -0.560. The molecule has 0 radical (unpaired) electrons. The summed E-state index contributed by atoms with van der Waals surface area (Å²) in [5.41, 5.74) is 2.21. The molecule has 8 heavy (non-hydrogen) atoms. The van der Waals surface area contributed by atoms with E-state index in [1.54, 1.807) is 0 Å². The lowest BCUT2D eigenvalue weighted by Gasteiger charge is -1.95.